The molecule has 0 aromatic heterocycles. The molecule has 0 aliphatic heterocycles. The summed E-state index contributed by atoms with van der Waals surface area (Å²) < 4.78 is 27.5. The maximum atomic E-state index is 12.7. The van der Waals surface area contributed by atoms with Crippen molar-refractivity contribution in [2.75, 3.05) is 14.1 Å². The van der Waals surface area contributed by atoms with Gasteiger partial charge in [-0.2, -0.15) is 4.31 Å². The molecule has 0 bridgehead atoms. The summed E-state index contributed by atoms with van der Waals surface area (Å²) in [6, 6.07) is 5.42. The van der Waals surface area contributed by atoms with Crippen molar-refractivity contribution in [3.63, 3.8) is 0 Å². The molecule has 0 aliphatic carbocycles. The van der Waals surface area contributed by atoms with Gasteiger partial charge < -0.3 is 5.32 Å². The Hall–Kier alpha value is -0.430. The lowest BCUT2D eigenvalue weighted by atomic mass is 10.2. The van der Waals surface area contributed by atoms with Crippen molar-refractivity contribution in [1.82, 2.24) is 9.62 Å². The Morgan fingerprint density at radius 2 is 2.05 bits per heavy atom. The van der Waals surface area contributed by atoms with E-state index in [-0.39, 0.29) is 6.04 Å². The van der Waals surface area contributed by atoms with Crippen LogP contribution in [0.2, 0.25) is 0 Å². The van der Waals surface area contributed by atoms with Gasteiger partial charge in [-0.15, -0.1) is 0 Å². The first-order chi connectivity index (χ1) is 9.34. The lowest BCUT2D eigenvalue weighted by molar-refractivity contribution is 0.368. The second-order valence-electron chi connectivity index (χ2n) is 4.95. The molecule has 1 atom stereocenters. The summed E-state index contributed by atoms with van der Waals surface area (Å²) in [5.41, 5.74) is 0.950. The highest BCUT2D eigenvalue weighted by Crippen LogP contribution is 2.27. The average Bonchev–Trinajstić information content (AvgIpc) is 2.40. The maximum Gasteiger partial charge on any atom is 0.244 e. The number of benzene rings is 1. The van der Waals surface area contributed by atoms with E-state index in [4.69, 9.17) is 0 Å². The van der Waals surface area contributed by atoms with Crippen molar-refractivity contribution in [3.8, 4) is 0 Å². The van der Waals surface area contributed by atoms with Gasteiger partial charge in [0.05, 0.1) is 4.90 Å². The van der Waals surface area contributed by atoms with E-state index in [2.05, 4.69) is 28.2 Å². The monoisotopic (exact) mass is 362 g/mol. The quantitative estimate of drug-likeness (QED) is 0.810. The van der Waals surface area contributed by atoms with E-state index >= 15 is 0 Å². The van der Waals surface area contributed by atoms with Crippen molar-refractivity contribution in [3.05, 3.63) is 28.2 Å². The Morgan fingerprint density at radius 3 is 2.60 bits per heavy atom. The number of rotatable bonds is 7. The van der Waals surface area contributed by atoms with Crippen LogP contribution in [0.4, 0.5) is 0 Å². The van der Waals surface area contributed by atoms with Crippen LogP contribution in [0.3, 0.4) is 0 Å². The van der Waals surface area contributed by atoms with Gasteiger partial charge in [-0.1, -0.05) is 19.4 Å². The average molecular weight is 363 g/mol. The number of halogens is 1. The Balaban J connectivity index is 3.17. The molecule has 1 aromatic carbocycles. The smallest absolute Gasteiger partial charge is 0.244 e. The van der Waals surface area contributed by atoms with Crippen LogP contribution < -0.4 is 5.32 Å². The molecule has 4 nitrogen and oxygen atoms in total. The fraction of sp³-hybridized carbons (Fsp3) is 0.571. The lowest BCUT2D eigenvalue weighted by Crippen LogP contribution is -2.35. The summed E-state index contributed by atoms with van der Waals surface area (Å²) in [6.07, 6.45) is 1.81. The molecule has 1 rings (SSSR count). The second-order valence-corrected chi connectivity index (χ2v) is 7.77. The molecule has 0 aliphatic rings. The van der Waals surface area contributed by atoms with Gasteiger partial charge >= 0.3 is 0 Å². The molecule has 0 fully saturated rings. The van der Waals surface area contributed by atoms with E-state index in [0.29, 0.717) is 15.9 Å². The van der Waals surface area contributed by atoms with Crippen molar-refractivity contribution in [2.24, 2.45) is 0 Å². The zero-order valence-electron chi connectivity index (χ0n) is 12.5. The van der Waals surface area contributed by atoms with Crippen LogP contribution >= 0.6 is 15.9 Å². The van der Waals surface area contributed by atoms with E-state index in [0.717, 1.165) is 18.4 Å². The van der Waals surface area contributed by atoms with Crippen LogP contribution in [-0.2, 0) is 16.6 Å². The zero-order chi connectivity index (χ0) is 15.3. The van der Waals surface area contributed by atoms with Gasteiger partial charge in [0.15, 0.2) is 0 Å². The van der Waals surface area contributed by atoms with Gasteiger partial charge in [0.25, 0.3) is 0 Å². The molecule has 20 heavy (non-hydrogen) atoms. The first-order valence-electron chi connectivity index (χ1n) is 6.75. The summed E-state index contributed by atoms with van der Waals surface area (Å²) in [7, 11) is 0.0114. The van der Waals surface area contributed by atoms with E-state index < -0.39 is 10.0 Å². The molecule has 0 heterocycles. The van der Waals surface area contributed by atoms with Crippen molar-refractivity contribution < 1.29 is 8.42 Å². The molecule has 0 radical (unpaired) electrons. The minimum absolute atomic E-state index is 0.00939. The van der Waals surface area contributed by atoms with Gasteiger partial charge in [0.2, 0.25) is 10.0 Å². The molecular weight excluding hydrogens is 340 g/mol. The Labute approximate surface area is 130 Å². The SMILES string of the molecule is CCCC(C)N(C)S(=O)(=O)c1cc(CNC)ccc1Br. The predicted octanol–water partition coefficient (Wildman–Crippen LogP) is 2.98. The Kier molecular flexibility index (Phi) is 6.64. The third-order valence-corrected chi connectivity index (χ3v) is 6.33. The Bertz CT molecular complexity index is 546. The van der Waals surface area contributed by atoms with Crippen molar-refractivity contribution in [2.45, 2.75) is 44.2 Å². The summed E-state index contributed by atoms with van der Waals surface area (Å²) in [6.45, 7) is 4.64. The highest BCUT2D eigenvalue weighted by atomic mass is 79.9. The van der Waals surface area contributed by atoms with Gasteiger partial charge in [-0.3, -0.25) is 0 Å². The second kappa shape index (κ2) is 7.54. The summed E-state index contributed by atoms with van der Waals surface area (Å²) in [5.74, 6) is 0. The van der Waals surface area contributed by atoms with E-state index in [1.807, 2.05) is 20.0 Å². The zero-order valence-corrected chi connectivity index (χ0v) is 14.9. The lowest BCUT2D eigenvalue weighted by Gasteiger charge is -2.24. The normalized spacial score (nSPS) is 13.7. The topological polar surface area (TPSA) is 49.4 Å². The fourth-order valence-corrected chi connectivity index (χ4v) is 4.42. The third kappa shape index (κ3) is 4.04. The summed E-state index contributed by atoms with van der Waals surface area (Å²) >= 11 is 3.35. The predicted molar refractivity (Wildman–Crippen MR) is 86.2 cm³/mol. The van der Waals surface area contributed by atoms with Crippen molar-refractivity contribution in [1.29, 1.82) is 0 Å². The van der Waals surface area contributed by atoms with Crippen molar-refractivity contribution >= 4 is 26.0 Å². The van der Waals surface area contributed by atoms with E-state index in [1.165, 1.54) is 4.31 Å². The number of hydrogen-bond acceptors (Lipinski definition) is 3. The molecule has 114 valence electrons. The molecule has 0 spiro atoms. The summed E-state index contributed by atoms with van der Waals surface area (Å²) in [4.78, 5) is 0.329. The van der Waals surface area contributed by atoms with Gasteiger partial charge in [0, 0.05) is 24.1 Å². The van der Waals surface area contributed by atoms with Crippen LogP contribution in [0.1, 0.15) is 32.3 Å². The maximum absolute atomic E-state index is 12.7. The van der Waals surface area contributed by atoms with Crippen LogP contribution in [-0.4, -0.2) is 32.9 Å². The number of nitrogens with zero attached hydrogens (tertiary/aromatic N) is 1. The van der Waals surface area contributed by atoms with Gasteiger partial charge in [0.1, 0.15) is 0 Å². The highest BCUT2D eigenvalue weighted by Gasteiger charge is 2.27. The fourth-order valence-electron chi connectivity index (χ4n) is 2.05. The molecule has 6 heteroatoms. The Morgan fingerprint density at radius 1 is 1.40 bits per heavy atom. The van der Waals surface area contributed by atoms with Gasteiger partial charge in [-0.25, -0.2) is 8.42 Å². The van der Waals surface area contributed by atoms with Crippen LogP contribution in [0.25, 0.3) is 0 Å². The molecular formula is C14H23BrN2O2S. The third-order valence-electron chi connectivity index (χ3n) is 3.36. The van der Waals surface area contributed by atoms with E-state index in [9.17, 15) is 8.42 Å². The minimum atomic E-state index is -3.47. The number of hydrogen-bond donors (Lipinski definition) is 1. The number of sulfonamides is 1. The first-order valence-corrected chi connectivity index (χ1v) is 8.99. The van der Waals surface area contributed by atoms with Crippen LogP contribution in [0.5, 0.6) is 0 Å². The molecule has 1 N–H and O–H groups in total. The molecule has 0 saturated heterocycles. The van der Waals surface area contributed by atoms with Crippen LogP contribution in [0.15, 0.2) is 27.6 Å². The van der Waals surface area contributed by atoms with Gasteiger partial charge in [-0.05, 0) is 54.0 Å². The molecule has 0 saturated carbocycles. The first kappa shape index (κ1) is 17.6. The summed E-state index contributed by atoms with van der Waals surface area (Å²) in [5, 5.41) is 3.03. The standard InChI is InChI=1S/C14H23BrN2O2S/c1-5-6-11(2)17(4)20(18,19)14-9-12(10-16-3)7-8-13(14)15/h7-9,11,16H,5-6,10H2,1-4H3. The molecule has 1 unspecified atom stereocenters. The highest BCUT2D eigenvalue weighted by molar-refractivity contribution is 9.10. The van der Waals surface area contributed by atoms with Crippen LogP contribution in [0, 0.1) is 0 Å². The minimum Gasteiger partial charge on any atom is -0.316 e. The number of nitrogens with one attached hydrogen (secondary N) is 1. The molecule has 1 aromatic rings. The largest absolute Gasteiger partial charge is 0.316 e. The molecule has 0 amide bonds. The van der Waals surface area contributed by atoms with E-state index in [1.54, 1.807) is 19.2 Å².